The van der Waals surface area contributed by atoms with Gasteiger partial charge in [0.15, 0.2) is 0 Å². The van der Waals surface area contributed by atoms with Gasteiger partial charge in [-0.05, 0) is 66.6 Å². The van der Waals surface area contributed by atoms with Gasteiger partial charge in [-0.3, -0.25) is 0 Å². The predicted octanol–water partition coefficient (Wildman–Crippen LogP) is 5.97. The largest absolute Gasteiger partial charge is 0.0771 e. The molecule has 8 unspecified atom stereocenters. The van der Waals surface area contributed by atoms with Crippen molar-refractivity contribution in [2.75, 3.05) is 0 Å². The van der Waals surface area contributed by atoms with E-state index in [1.54, 1.807) is 0 Å². The lowest BCUT2D eigenvalue weighted by atomic mass is 9.43. The first-order chi connectivity index (χ1) is 10.9. The van der Waals surface area contributed by atoms with Crippen LogP contribution in [0.4, 0.5) is 0 Å². The predicted molar refractivity (Wildman–Crippen MR) is 102 cm³/mol. The van der Waals surface area contributed by atoms with Gasteiger partial charge in [-0.15, -0.1) is 0 Å². The Labute approximate surface area is 147 Å². The van der Waals surface area contributed by atoms with Crippen molar-refractivity contribution in [3.8, 4) is 0 Å². The van der Waals surface area contributed by atoms with E-state index in [0.717, 1.165) is 23.7 Å². The molecule has 0 heterocycles. The Morgan fingerprint density at radius 1 is 0.739 bits per heavy atom. The first-order valence-electron chi connectivity index (χ1n) is 10.5. The SMILES string of the molecule is CC.[B]C1CCC2(C)C(CCC3C4CCC([B])C4(C)CCC32)C1. The van der Waals surface area contributed by atoms with E-state index in [1.165, 1.54) is 57.8 Å². The molecule has 0 amide bonds. The van der Waals surface area contributed by atoms with Gasteiger partial charge in [-0.1, -0.05) is 65.0 Å². The van der Waals surface area contributed by atoms with Gasteiger partial charge in [0.05, 0.1) is 15.7 Å². The number of rotatable bonds is 0. The summed E-state index contributed by atoms with van der Waals surface area (Å²) < 4.78 is 0. The molecule has 0 bridgehead atoms. The average Bonchev–Trinajstić information content (AvgIpc) is 2.86. The van der Waals surface area contributed by atoms with Crippen LogP contribution in [0, 0.1) is 34.5 Å². The molecule has 0 saturated heterocycles. The lowest BCUT2D eigenvalue weighted by molar-refractivity contribution is -0.102. The van der Waals surface area contributed by atoms with E-state index in [1.807, 2.05) is 13.8 Å². The fraction of sp³-hybridized carbons (Fsp3) is 1.00. The Morgan fingerprint density at radius 2 is 1.39 bits per heavy atom. The van der Waals surface area contributed by atoms with E-state index in [4.69, 9.17) is 15.7 Å². The van der Waals surface area contributed by atoms with Crippen molar-refractivity contribution in [3.63, 3.8) is 0 Å². The van der Waals surface area contributed by atoms with Crippen LogP contribution in [0.2, 0.25) is 11.6 Å². The number of hydrogen-bond acceptors (Lipinski definition) is 0. The van der Waals surface area contributed by atoms with Crippen LogP contribution in [0.15, 0.2) is 0 Å². The van der Waals surface area contributed by atoms with Crippen molar-refractivity contribution in [1.82, 2.24) is 0 Å². The summed E-state index contributed by atoms with van der Waals surface area (Å²) in [5.41, 5.74) is 1.04. The number of hydrogen-bond donors (Lipinski definition) is 0. The van der Waals surface area contributed by atoms with Crippen molar-refractivity contribution >= 4 is 15.7 Å². The summed E-state index contributed by atoms with van der Waals surface area (Å²) in [5.74, 6) is 4.70. The molecule has 126 valence electrons. The van der Waals surface area contributed by atoms with Gasteiger partial charge in [0.2, 0.25) is 0 Å². The molecule has 8 atom stereocenters. The summed E-state index contributed by atoms with van der Waals surface area (Å²) in [7, 11) is 12.8. The smallest absolute Gasteiger partial charge is 0.0707 e. The van der Waals surface area contributed by atoms with E-state index in [0.29, 0.717) is 22.5 Å². The van der Waals surface area contributed by atoms with E-state index >= 15 is 0 Å². The van der Waals surface area contributed by atoms with Gasteiger partial charge in [0.25, 0.3) is 0 Å². The molecule has 0 aromatic carbocycles. The highest BCUT2D eigenvalue weighted by Crippen LogP contribution is 2.68. The molecule has 2 heteroatoms. The first-order valence-corrected chi connectivity index (χ1v) is 10.5. The second-order valence-electron chi connectivity index (χ2n) is 9.42. The molecular weight excluding hydrogens is 274 g/mol. The third-order valence-corrected chi connectivity index (χ3v) is 8.78. The molecule has 23 heavy (non-hydrogen) atoms. The summed E-state index contributed by atoms with van der Waals surface area (Å²) in [6.45, 7) is 9.13. The second-order valence-corrected chi connectivity index (χ2v) is 9.42. The van der Waals surface area contributed by atoms with E-state index in [9.17, 15) is 0 Å². The fourth-order valence-electron chi connectivity index (χ4n) is 7.33. The summed E-state index contributed by atoms with van der Waals surface area (Å²) in [4.78, 5) is 0. The minimum Gasteiger partial charge on any atom is -0.0771 e. The molecule has 4 rings (SSSR count). The van der Waals surface area contributed by atoms with Gasteiger partial charge < -0.3 is 0 Å². The molecule has 0 aromatic rings. The minimum atomic E-state index is 0.454. The zero-order chi connectivity index (χ0) is 16.8. The minimum absolute atomic E-state index is 0.454. The summed E-state index contributed by atoms with van der Waals surface area (Å²) in [6.07, 6.45) is 12.3. The lowest BCUT2D eigenvalue weighted by Crippen LogP contribution is -2.52. The van der Waals surface area contributed by atoms with Crippen LogP contribution >= 0.6 is 0 Å². The lowest BCUT2D eigenvalue weighted by Gasteiger charge is -2.61. The zero-order valence-electron chi connectivity index (χ0n) is 16.0. The van der Waals surface area contributed by atoms with Gasteiger partial charge >= 0.3 is 0 Å². The van der Waals surface area contributed by atoms with Crippen molar-refractivity contribution in [2.24, 2.45) is 34.5 Å². The number of fused-ring (bicyclic) bond motifs is 5. The van der Waals surface area contributed by atoms with Crippen molar-refractivity contribution in [1.29, 1.82) is 0 Å². The molecule has 4 aliphatic rings. The van der Waals surface area contributed by atoms with Crippen molar-refractivity contribution in [2.45, 2.75) is 97.1 Å². The molecule has 4 aliphatic carbocycles. The molecule has 4 radical (unpaired) electrons. The van der Waals surface area contributed by atoms with Gasteiger partial charge in [0, 0.05) is 0 Å². The van der Waals surface area contributed by atoms with E-state index in [-0.39, 0.29) is 0 Å². The molecule has 0 N–H and O–H groups in total. The van der Waals surface area contributed by atoms with Crippen molar-refractivity contribution < 1.29 is 0 Å². The molecule has 4 fully saturated rings. The Kier molecular flexibility index (Phi) is 5.03. The summed E-state index contributed by atoms with van der Waals surface area (Å²) in [5, 5.41) is 0. The third-order valence-electron chi connectivity index (χ3n) is 8.78. The van der Waals surface area contributed by atoms with Gasteiger partial charge in [-0.25, -0.2) is 0 Å². The monoisotopic (exact) mass is 310 g/mol. The summed E-state index contributed by atoms with van der Waals surface area (Å²) >= 11 is 0. The Balaban J connectivity index is 0.000000753. The summed E-state index contributed by atoms with van der Waals surface area (Å²) in [6, 6.07) is 0. The van der Waals surface area contributed by atoms with Crippen LogP contribution in [0.25, 0.3) is 0 Å². The van der Waals surface area contributed by atoms with Crippen LogP contribution in [-0.4, -0.2) is 15.7 Å². The maximum absolute atomic E-state index is 6.51. The Morgan fingerprint density at radius 3 is 2.13 bits per heavy atom. The first kappa shape index (κ1) is 17.9. The van der Waals surface area contributed by atoms with Crippen LogP contribution in [0.1, 0.15) is 85.5 Å². The molecule has 0 spiro atoms. The maximum Gasteiger partial charge on any atom is 0.0707 e. The quantitative estimate of drug-likeness (QED) is 0.484. The second kappa shape index (κ2) is 6.45. The van der Waals surface area contributed by atoms with Crippen LogP contribution in [-0.2, 0) is 0 Å². The van der Waals surface area contributed by atoms with E-state index in [2.05, 4.69) is 13.8 Å². The zero-order valence-corrected chi connectivity index (χ0v) is 16.0. The normalized spacial score (nSPS) is 55.0. The van der Waals surface area contributed by atoms with Crippen LogP contribution < -0.4 is 0 Å². The average molecular weight is 310 g/mol. The highest BCUT2D eigenvalue weighted by Gasteiger charge is 2.58. The van der Waals surface area contributed by atoms with Crippen LogP contribution in [0.5, 0.6) is 0 Å². The molecular formula is C21H36B2. The maximum atomic E-state index is 6.51. The van der Waals surface area contributed by atoms with Gasteiger partial charge in [-0.2, -0.15) is 0 Å². The fourth-order valence-corrected chi connectivity index (χ4v) is 7.33. The molecule has 0 aromatic heterocycles. The topological polar surface area (TPSA) is 0 Å². The van der Waals surface area contributed by atoms with E-state index < -0.39 is 0 Å². The Bertz CT molecular complexity index is 422. The molecule has 0 aliphatic heterocycles. The standard InChI is InChI=1S/C19H30B2.C2H6/c1-18-9-7-13(20)11-12(18)3-4-14-15-5-6-17(21)19(15,2)10-8-16(14)18;1-2/h12-17H,3-11H2,1-2H3;1-2H3. The van der Waals surface area contributed by atoms with Gasteiger partial charge in [0.1, 0.15) is 0 Å². The third kappa shape index (κ3) is 2.65. The highest BCUT2D eigenvalue weighted by atomic mass is 14.6. The molecule has 0 nitrogen and oxygen atoms in total. The van der Waals surface area contributed by atoms with Crippen LogP contribution in [0.3, 0.4) is 0 Å². The highest BCUT2D eigenvalue weighted by molar-refractivity contribution is 6.12. The molecule has 4 saturated carbocycles. The Hall–Kier alpha value is 0.130. The van der Waals surface area contributed by atoms with Crippen molar-refractivity contribution in [3.05, 3.63) is 0 Å².